The molecule has 15 heavy (non-hydrogen) atoms. The van der Waals surface area contributed by atoms with Gasteiger partial charge < -0.3 is 14.8 Å². The maximum atomic E-state index is 11.7. The van der Waals surface area contributed by atoms with Crippen molar-refractivity contribution in [1.29, 1.82) is 0 Å². The summed E-state index contributed by atoms with van der Waals surface area (Å²) in [6.45, 7) is 8.75. The van der Waals surface area contributed by atoms with Crippen molar-refractivity contribution in [2.75, 3.05) is 20.3 Å². The summed E-state index contributed by atoms with van der Waals surface area (Å²) in [6.07, 6.45) is 0. The summed E-state index contributed by atoms with van der Waals surface area (Å²) < 4.78 is 10.1. The number of ether oxygens (including phenoxy) is 2. The highest BCUT2D eigenvalue weighted by Gasteiger charge is 2.26. The smallest absolute Gasteiger partial charge is 0.323 e. The van der Waals surface area contributed by atoms with Crippen LogP contribution in [-0.4, -0.2) is 38.4 Å². The summed E-state index contributed by atoms with van der Waals surface area (Å²) in [5.41, 5.74) is 0. The number of hydrogen-bond acceptors (Lipinski definition) is 4. The first kappa shape index (κ1) is 14.4. The van der Waals surface area contributed by atoms with Crippen LogP contribution in [-0.2, 0) is 14.3 Å². The van der Waals surface area contributed by atoms with Crippen LogP contribution >= 0.6 is 0 Å². The lowest BCUT2D eigenvalue weighted by Crippen LogP contribution is -2.47. The Labute approximate surface area is 92.3 Å². The predicted molar refractivity (Wildman–Crippen MR) is 59.7 cm³/mol. The molecule has 0 heterocycles. The summed E-state index contributed by atoms with van der Waals surface area (Å²) in [5.74, 6) is -0.0906. The van der Waals surface area contributed by atoms with Crippen molar-refractivity contribution >= 4 is 5.97 Å². The van der Waals surface area contributed by atoms with E-state index in [0.717, 1.165) is 0 Å². The van der Waals surface area contributed by atoms with Gasteiger partial charge >= 0.3 is 5.97 Å². The van der Waals surface area contributed by atoms with Gasteiger partial charge in [0.25, 0.3) is 0 Å². The Bertz CT molecular complexity index is 183. The Morgan fingerprint density at radius 3 is 2.33 bits per heavy atom. The largest absolute Gasteiger partial charge is 0.465 e. The van der Waals surface area contributed by atoms with E-state index < -0.39 is 0 Å². The van der Waals surface area contributed by atoms with E-state index in [1.165, 1.54) is 0 Å². The zero-order valence-electron chi connectivity index (χ0n) is 10.4. The van der Waals surface area contributed by atoms with Crippen molar-refractivity contribution in [2.24, 2.45) is 5.92 Å². The van der Waals surface area contributed by atoms with Gasteiger partial charge in [-0.05, 0) is 6.92 Å². The SMILES string of the molecule is CCOC(=O)C(NC(C)C)C(C)COC. The molecule has 0 aliphatic heterocycles. The Morgan fingerprint density at radius 1 is 1.33 bits per heavy atom. The second kappa shape index (κ2) is 7.65. The highest BCUT2D eigenvalue weighted by atomic mass is 16.5. The molecule has 0 bridgehead atoms. The number of carbonyl (C=O) groups excluding carboxylic acids is 1. The van der Waals surface area contributed by atoms with Gasteiger partial charge in [-0.3, -0.25) is 4.79 Å². The average Bonchev–Trinajstić information content (AvgIpc) is 2.14. The average molecular weight is 217 g/mol. The summed E-state index contributed by atoms with van der Waals surface area (Å²) in [4.78, 5) is 11.7. The maximum Gasteiger partial charge on any atom is 0.323 e. The first-order valence-corrected chi connectivity index (χ1v) is 5.44. The molecule has 0 aliphatic rings. The molecule has 0 rings (SSSR count). The van der Waals surface area contributed by atoms with Crippen molar-refractivity contribution in [1.82, 2.24) is 5.32 Å². The van der Waals surface area contributed by atoms with Gasteiger partial charge in [-0.15, -0.1) is 0 Å². The fraction of sp³-hybridized carbons (Fsp3) is 0.909. The van der Waals surface area contributed by atoms with Gasteiger partial charge in [0.1, 0.15) is 6.04 Å². The summed E-state index contributed by atoms with van der Waals surface area (Å²) in [5, 5.41) is 3.19. The molecule has 0 radical (unpaired) electrons. The van der Waals surface area contributed by atoms with E-state index in [9.17, 15) is 4.79 Å². The number of methoxy groups -OCH3 is 1. The third-order valence-corrected chi connectivity index (χ3v) is 2.05. The van der Waals surface area contributed by atoms with Crippen LogP contribution < -0.4 is 5.32 Å². The summed E-state index contributed by atoms with van der Waals surface area (Å²) in [6, 6.07) is -0.0383. The molecular formula is C11H23NO3. The van der Waals surface area contributed by atoms with E-state index in [1.807, 2.05) is 27.7 Å². The molecule has 0 saturated carbocycles. The van der Waals surface area contributed by atoms with Crippen LogP contribution in [0.5, 0.6) is 0 Å². The molecule has 0 aromatic rings. The molecule has 4 nitrogen and oxygen atoms in total. The molecule has 90 valence electrons. The number of carbonyl (C=O) groups is 1. The lowest BCUT2D eigenvalue weighted by Gasteiger charge is -2.24. The van der Waals surface area contributed by atoms with Crippen LogP contribution in [0.15, 0.2) is 0 Å². The lowest BCUT2D eigenvalue weighted by molar-refractivity contribution is -0.147. The van der Waals surface area contributed by atoms with E-state index in [1.54, 1.807) is 7.11 Å². The van der Waals surface area contributed by atoms with E-state index in [4.69, 9.17) is 9.47 Å². The van der Waals surface area contributed by atoms with Gasteiger partial charge in [0.15, 0.2) is 0 Å². The standard InChI is InChI=1S/C11H23NO3/c1-6-15-11(13)10(12-8(2)3)9(4)7-14-5/h8-10,12H,6-7H2,1-5H3. The molecule has 0 saturated heterocycles. The van der Waals surface area contributed by atoms with Gasteiger partial charge in [-0.1, -0.05) is 20.8 Å². The number of esters is 1. The van der Waals surface area contributed by atoms with Gasteiger partial charge in [0.2, 0.25) is 0 Å². The van der Waals surface area contributed by atoms with Crippen LogP contribution in [0.4, 0.5) is 0 Å². The molecule has 4 heteroatoms. The molecule has 0 aromatic carbocycles. The molecule has 1 N–H and O–H groups in total. The van der Waals surface area contributed by atoms with Crippen molar-refractivity contribution in [3.8, 4) is 0 Å². The molecule has 0 amide bonds. The Morgan fingerprint density at radius 2 is 1.93 bits per heavy atom. The highest BCUT2D eigenvalue weighted by Crippen LogP contribution is 2.07. The monoisotopic (exact) mass is 217 g/mol. The second-order valence-electron chi connectivity index (χ2n) is 3.98. The van der Waals surface area contributed by atoms with Crippen LogP contribution in [0.3, 0.4) is 0 Å². The van der Waals surface area contributed by atoms with Gasteiger partial charge in [0, 0.05) is 19.1 Å². The third-order valence-electron chi connectivity index (χ3n) is 2.05. The van der Waals surface area contributed by atoms with Crippen molar-refractivity contribution < 1.29 is 14.3 Å². The molecule has 0 aromatic heterocycles. The first-order valence-electron chi connectivity index (χ1n) is 5.44. The van der Waals surface area contributed by atoms with E-state index in [2.05, 4.69) is 5.32 Å². The Kier molecular flexibility index (Phi) is 7.34. The third kappa shape index (κ3) is 5.74. The number of nitrogens with one attached hydrogen (secondary N) is 1. The normalized spacial score (nSPS) is 15.1. The van der Waals surface area contributed by atoms with E-state index in [-0.39, 0.29) is 24.0 Å². The zero-order valence-corrected chi connectivity index (χ0v) is 10.4. The Hall–Kier alpha value is -0.610. The van der Waals surface area contributed by atoms with Gasteiger partial charge in [-0.25, -0.2) is 0 Å². The Balaban J connectivity index is 4.34. The fourth-order valence-corrected chi connectivity index (χ4v) is 1.41. The summed E-state index contributed by atoms with van der Waals surface area (Å²) in [7, 11) is 1.63. The van der Waals surface area contributed by atoms with Crippen LogP contribution in [0.25, 0.3) is 0 Å². The van der Waals surface area contributed by atoms with Crippen LogP contribution in [0.2, 0.25) is 0 Å². The zero-order chi connectivity index (χ0) is 11.8. The minimum absolute atomic E-state index is 0.108. The van der Waals surface area contributed by atoms with Gasteiger partial charge in [0.05, 0.1) is 13.2 Å². The predicted octanol–water partition coefficient (Wildman–Crippen LogP) is 1.20. The van der Waals surface area contributed by atoms with Crippen LogP contribution in [0, 0.1) is 5.92 Å². The fourth-order valence-electron chi connectivity index (χ4n) is 1.41. The molecular weight excluding hydrogens is 194 g/mol. The maximum absolute atomic E-state index is 11.7. The lowest BCUT2D eigenvalue weighted by atomic mass is 10.0. The van der Waals surface area contributed by atoms with E-state index >= 15 is 0 Å². The second-order valence-corrected chi connectivity index (χ2v) is 3.98. The minimum Gasteiger partial charge on any atom is -0.465 e. The van der Waals surface area contributed by atoms with Gasteiger partial charge in [-0.2, -0.15) is 0 Å². The molecule has 2 atom stereocenters. The molecule has 0 fully saturated rings. The highest BCUT2D eigenvalue weighted by molar-refractivity contribution is 5.76. The number of rotatable bonds is 7. The van der Waals surface area contributed by atoms with Crippen molar-refractivity contribution in [3.63, 3.8) is 0 Å². The minimum atomic E-state index is -0.287. The molecule has 0 spiro atoms. The van der Waals surface area contributed by atoms with Crippen LogP contribution in [0.1, 0.15) is 27.7 Å². The topological polar surface area (TPSA) is 47.6 Å². The molecule has 0 aliphatic carbocycles. The first-order chi connectivity index (χ1) is 7.02. The van der Waals surface area contributed by atoms with E-state index in [0.29, 0.717) is 13.2 Å². The quantitative estimate of drug-likeness (QED) is 0.651. The summed E-state index contributed by atoms with van der Waals surface area (Å²) >= 11 is 0. The molecule has 2 unspecified atom stereocenters. The number of hydrogen-bond donors (Lipinski definition) is 1. The van der Waals surface area contributed by atoms with Crippen molar-refractivity contribution in [2.45, 2.75) is 39.8 Å². The van der Waals surface area contributed by atoms with Crippen molar-refractivity contribution in [3.05, 3.63) is 0 Å².